The van der Waals surface area contributed by atoms with Gasteiger partial charge in [-0.1, -0.05) is 0 Å². The molecular formula is C24H35N7O3S3. The van der Waals surface area contributed by atoms with Gasteiger partial charge in [0.15, 0.2) is 21.6 Å². The first-order valence-electron chi connectivity index (χ1n) is 12.8. The van der Waals surface area contributed by atoms with Crippen molar-refractivity contribution in [1.82, 2.24) is 22.9 Å². The molecule has 0 aromatic carbocycles. The van der Waals surface area contributed by atoms with Crippen molar-refractivity contribution in [3.8, 4) is 5.75 Å². The average Bonchev–Trinajstić information content (AvgIpc) is 3.71. The van der Waals surface area contributed by atoms with Crippen LogP contribution in [-0.2, 0) is 24.0 Å². The van der Waals surface area contributed by atoms with Gasteiger partial charge in [0.05, 0.1) is 30.2 Å². The Bertz CT molecular complexity index is 1170. The maximum absolute atomic E-state index is 12.8. The number of thiophene rings is 1. The molecule has 2 fully saturated rings. The number of aromatic nitrogens is 2. The summed E-state index contributed by atoms with van der Waals surface area (Å²) in [5.74, 6) is 1.96. The van der Waals surface area contributed by atoms with Crippen molar-refractivity contribution >= 4 is 51.4 Å². The van der Waals surface area contributed by atoms with Crippen LogP contribution >= 0.6 is 23.1 Å². The largest absolute Gasteiger partial charge is 0.504 e. The Hall–Kier alpha value is -2.03. The lowest BCUT2D eigenvalue weighted by Crippen LogP contribution is -2.44. The first-order chi connectivity index (χ1) is 18.1. The standard InChI is InChI=1S/C24H35N7O3S3/c1-29-10-12-30(13-11-29)7-3-2-6-18-14-19(34-16-18)15-25-22-23(28-36-27-22)26-20-17-35-24(21(20)32)37(33)31-8-4-5-9-31/h14,16-17,32H,2-13,15H2,1H3,(H,25,27)(H,26,28). The van der Waals surface area contributed by atoms with Crippen LogP contribution in [0.2, 0.25) is 0 Å². The quantitative estimate of drug-likeness (QED) is 0.281. The summed E-state index contributed by atoms with van der Waals surface area (Å²) in [4.78, 5) is 4.95. The average molecular weight is 566 g/mol. The predicted octanol–water partition coefficient (Wildman–Crippen LogP) is 3.94. The highest BCUT2D eigenvalue weighted by molar-refractivity contribution is 7.85. The first kappa shape index (κ1) is 26.6. The second-order valence-electron chi connectivity index (χ2n) is 9.63. The molecule has 0 saturated carbocycles. The lowest BCUT2D eigenvalue weighted by molar-refractivity contribution is 0.152. The number of nitrogens with one attached hydrogen (secondary N) is 2. The number of nitrogens with zero attached hydrogens (tertiary/aromatic N) is 5. The van der Waals surface area contributed by atoms with Crippen molar-refractivity contribution in [1.29, 1.82) is 0 Å². The minimum absolute atomic E-state index is 0.0116. The van der Waals surface area contributed by atoms with Crippen molar-refractivity contribution in [3.63, 3.8) is 0 Å². The van der Waals surface area contributed by atoms with E-state index >= 15 is 0 Å². The molecule has 1 unspecified atom stereocenters. The molecule has 0 spiro atoms. The number of hydrogen-bond acceptors (Lipinski definition) is 11. The van der Waals surface area contributed by atoms with E-state index < -0.39 is 11.0 Å². The third kappa shape index (κ3) is 6.89. The lowest BCUT2D eigenvalue weighted by Gasteiger charge is -2.32. The topological polar surface area (TPSA) is 110 Å². The lowest BCUT2D eigenvalue weighted by atomic mass is 10.1. The van der Waals surface area contributed by atoms with E-state index in [0.717, 1.165) is 56.3 Å². The van der Waals surface area contributed by atoms with Crippen molar-refractivity contribution in [2.75, 3.05) is 63.5 Å². The van der Waals surface area contributed by atoms with Gasteiger partial charge in [-0.3, -0.25) is 0 Å². The van der Waals surface area contributed by atoms with E-state index in [1.807, 2.05) is 10.6 Å². The smallest absolute Gasteiger partial charge is 0.188 e. The van der Waals surface area contributed by atoms with E-state index in [1.54, 1.807) is 5.38 Å². The highest BCUT2D eigenvalue weighted by Gasteiger charge is 2.25. The highest BCUT2D eigenvalue weighted by Crippen LogP contribution is 2.40. The number of anilines is 3. The van der Waals surface area contributed by atoms with Gasteiger partial charge in [-0.25, -0.2) is 8.51 Å². The number of aryl methyl sites for hydroxylation is 1. The number of likely N-dealkylation sites (N-methyl/N-ethyl adjacent to an activating group) is 1. The van der Waals surface area contributed by atoms with Gasteiger partial charge in [-0.15, -0.1) is 11.3 Å². The predicted molar refractivity (Wildman–Crippen MR) is 149 cm³/mol. The van der Waals surface area contributed by atoms with Gasteiger partial charge in [0.2, 0.25) is 0 Å². The Labute approximate surface area is 228 Å². The summed E-state index contributed by atoms with van der Waals surface area (Å²) in [6, 6.07) is 2.10. The molecule has 3 aromatic heterocycles. The van der Waals surface area contributed by atoms with Crippen LogP contribution in [0.15, 0.2) is 26.3 Å². The van der Waals surface area contributed by atoms with E-state index in [0.29, 0.717) is 28.1 Å². The van der Waals surface area contributed by atoms with E-state index in [9.17, 15) is 9.32 Å². The summed E-state index contributed by atoms with van der Waals surface area (Å²) in [6.45, 7) is 7.92. The molecule has 13 heteroatoms. The van der Waals surface area contributed by atoms with Gasteiger partial charge < -0.3 is 30.0 Å². The SMILES string of the molecule is CN1CCN(CCCCc2coc(CNc3nsnc3Nc3csc(S(=O)N4CCCC4)c3O)c2)CC1. The van der Waals surface area contributed by atoms with Crippen molar-refractivity contribution < 1.29 is 13.7 Å². The molecule has 1 atom stereocenters. The maximum atomic E-state index is 12.8. The van der Waals surface area contributed by atoms with E-state index in [1.165, 1.54) is 56.0 Å². The fraction of sp³-hybridized carbons (Fsp3) is 0.583. The van der Waals surface area contributed by atoms with Crippen LogP contribution < -0.4 is 10.6 Å². The first-order valence-corrected chi connectivity index (χ1v) is 15.6. The summed E-state index contributed by atoms with van der Waals surface area (Å²) in [7, 11) is 0.851. The van der Waals surface area contributed by atoms with E-state index in [-0.39, 0.29) is 5.75 Å². The highest BCUT2D eigenvalue weighted by atomic mass is 32.2. The van der Waals surface area contributed by atoms with Crippen LogP contribution in [0, 0.1) is 0 Å². The summed E-state index contributed by atoms with van der Waals surface area (Å²) in [6.07, 6.45) is 7.28. The van der Waals surface area contributed by atoms with Crippen LogP contribution in [-0.4, -0.2) is 85.0 Å². The van der Waals surface area contributed by atoms with Crippen molar-refractivity contribution in [2.24, 2.45) is 0 Å². The van der Waals surface area contributed by atoms with Crippen molar-refractivity contribution in [3.05, 3.63) is 29.0 Å². The molecular weight excluding hydrogens is 531 g/mol. The van der Waals surface area contributed by atoms with Gasteiger partial charge in [0.25, 0.3) is 0 Å². The fourth-order valence-corrected chi connectivity index (χ4v) is 7.58. The van der Waals surface area contributed by atoms with Crippen LogP contribution in [0.25, 0.3) is 0 Å². The number of rotatable bonds is 12. The van der Waals surface area contributed by atoms with Crippen LogP contribution in [0.4, 0.5) is 17.3 Å². The molecule has 0 radical (unpaired) electrons. The van der Waals surface area contributed by atoms with Gasteiger partial charge in [0.1, 0.15) is 16.7 Å². The molecule has 2 saturated heterocycles. The second-order valence-corrected chi connectivity index (χ2v) is 12.7. The Kier molecular flexibility index (Phi) is 9.10. The Morgan fingerprint density at radius 2 is 1.89 bits per heavy atom. The van der Waals surface area contributed by atoms with Gasteiger partial charge in [0, 0.05) is 44.6 Å². The molecule has 2 aliphatic heterocycles. The Morgan fingerprint density at radius 1 is 1.11 bits per heavy atom. The third-order valence-electron chi connectivity index (χ3n) is 6.86. The molecule has 3 aromatic rings. The van der Waals surface area contributed by atoms with Gasteiger partial charge in [-0.2, -0.15) is 8.75 Å². The second kappa shape index (κ2) is 12.7. The fourth-order valence-electron chi connectivity index (χ4n) is 4.59. The molecule has 0 aliphatic carbocycles. The monoisotopic (exact) mass is 565 g/mol. The van der Waals surface area contributed by atoms with E-state index in [2.05, 4.69) is 42.3 Å². The van der Waals surface area contributed by atoms with Gasteiger partial charge in [-0.05, 0) is 57.3 Å². The van der Waals surface area contributed by atoms with Crippen molar-refractivity contribution in [2.45, 2.75) is 42.9 Å². The zero-order valence-electron chi connectivity index (χ0n) is 21.1. The van der Waals surface area contributed by atoms with Crippen LogP contribution in [0.5, 0.6) is 5.75 Å². The summed E-state index contributed by atoms with van der Waals surface area (Å²) in [5.41, 5.74) is 1.70. The molecule has 2 aliphatic rings. The molecule has 3 N–H and O–H groups in total. The van der Waals surface area contributed by atoms with Crippen LogP contribution in [0.1, 0.15) is 37.0 Å². The number of furan rings is 1. The molecule has 202 valence electrons. The summed E-state index contributed by atoms with van der Waals surface area (Å²) >= 11 is 2.37. The minimum atomic E-state index is -1.34. The zero-order chi connectivity index (χ0) is 25.6. The molecule has 37 heavy (non-hydrogen) atoms. The third-order valence-corrected chi connectivity index (χ3v) is 10.2. The molecule has 10 nitrogen and oxygen atoms in total. The normalized spacial score (nSPS) is 18.4. The number of unbranched alkanes of at least 4 members (excludes halogenated alkanes) is 1. The molecule has 5 heterocycles. The number of piperazine rings is 1. The minimum Gasteiger partial charge on any atom is -0.504 e. The number of hydrogen-bond donors (Lipinski definition) is 3. The molecule has 5 rings (SSSR count). The molecule has 0 amide bonds. The Balaban J connectivity index is 1.08. The molecule has 0 bridgehead atoms. The summed E-state index contributed by atoms with van der Waals surface area (Å²) < 4.78 is 29.6. The van der Waals surface area contributed by atoms with Gasteiger partial charge >= 0.3 is 0 Å². The summed E-state index contributed by atoms with van der Waals surface area (Å²) in [5, 5.41) is 18.9. The van der Waals surface area contributed by atoms with E-state index in [4.69, 9.17) is 4.42 Å². The maximum Gasteiger partial charge on any atom is 0.188 e. The zero-order valence-corrected chi connectivity index (χ0v) is 23.6. The number of aromatic hydroxyl groups is 1. The Morgan fingerprint density at radius 3 is 2.70 bits per heavy atom. The van der Waals surface area contributed by atoms with Crippen LogP contribution in [0.3, 0.4) is 0 Å².